The zero-order chi connectivity index (χ0) is 17.6. The summed E-state index contributed by atoms with van der Waals surface area (Å²) in [4.78, 5) is 4.89. The topological polar surface area (TPSA) is 34.8 Å². The predicted octanol–water partition coefficient (Wildman–Crippen LogP) is 2.22. The molecule has 1 saturated heterocycles. The van der Waals surface area contributed by atoms with Crippen molar-refractivity contribution in [3.8, 4) is 11.5 Å². The van der Waals surface area contributed by atoms with Crippen LogP contribution >= 0.6 is 12.2 Å². The molecule has 25 heavy (non-hydrogen) atoms. The number of aryl methyl sites for hydroxylation is 1. The summed E-state index contributed by atoms with van der Waals surface area (Å²) < 4.78 is 15.9. The van der Waals surface area contributed by atoms with Gasteiger partial charge in [-0.25, -0.2) is 0 Å². The standard InChI is InChI=1S/C18H26N4O2S/c1-19-7-12-22(18(19)25)15-21-10-8-20(9-11-21)13-14-24-17-5-3-16(23-2)4-6-17/h3-7,12H,8-11,13-15H2,1-2H3. The summed E-state index contributed by atoms with van der Waals surface area (Å²) in [6.07, 6.45) is 4.06. The zero-order valence-electron chi connectivity index (χ0n) is 14.9. The molecule has 7 heteroatoms. The van der Waals surface area contributed by atoms with E-state index in [4.69, 9.17) is 21.7 Å². The normalized spacial score (nSPS) is 16.1. The Bertz CT molecular complexity index is 717. The summed E-state index contributed by atoms with van der Waals surface area (Å²) >= 11 is 5.40. The molecule has 0 aliphatic carbocycles. The van der Waals surface area contributed by atoms with Gasteiger partial charge >= 0.3 is 0 Å². The van der Waals surface area contributed by atoms with Gasteiger partial charge in [-0.1, -0.05) is 0 Å². The van der Waals surface area contributed by atoms with Crippen LogP contribution in [0.25, 0.3) is 0 Å². The zero-order valence-corrected chi connectivity index (χ0v) is 15.7. The molecule has 0 unspecified atom stereocenters. The van der Waals surface area contributed by atoms with Gasteiger partial charge in [0, 0.05) is 52.2 Å². The number of imidazole rings is 1. The van der Waals surface area contributed by atoms with Crippen LogP contribution in [0.15, 0.2) is 36.7 Å². The van der Waals surface area contributed by atoms with E-state index in [2.05, 4.69) is 20.6 Å². The Morgan fingerprint density at radius 2 is 1.60 bits per heavy atom. The molecular formula is C18H26N4O2S. The number of piperazine rings is 1. The molecule has 3 rings (SSSR count). The molecule has 0 spiro atoms. The predicted molar refractivity (Wildman–Crippen MR) is 101 cm³/mol. The first-order chi connectivity index (χ1) is 12.2. The number of ether oxygens (including phenoxy) is 2. The summed E-state index contributed by atoms with van der Waals surface area (Å²) in [5.74, 6) is 1.74. The quantitative estimate of drug-likeness (QED) is 0.706. The van der Waals surface area contributed by atoms with Gasteiger partial charge in [-0.2, -0.15) is 0 Å². The fourth-order valence-electron chi connectivity index (χ4n) is 2.95. The van der Waals surface area contributed by atoms with Crippen LogP contribution in [0.4, 0.5) is 0 Å². The number of benzene rings is 1. The Kier molecular flexibility index (Phi) is 6.12. The van der Waals surface area contributed by atoms with E-state index in [-0.39, 0.29) is 0 Å². The Labute approximate surface area is 154 Å². The average Bonchev–Trinajstić information content (AvgIpc) is 2.96. The number of nitrogens with zero attached hydrogens (tertiary/aromatic N) is 4. The largest absolute Gasteiger partial charge is 0.497 e. The third-order valence-corrected chi connectivity index (χ3v) is 5.09. The van der Waals surface area contributed by atoms with Crippen molar-refractivity contribution in [3.63, 3.8) is 0 Å². The number of hydrogen-bond acceptors (Lipinski definition) is 5. The molecule has 1 aromatic carbocycles. The fourth-order valence-corrected chi connectivity index (χ4v) is 3.13. The number of methoxy groups -OCH3 is 1. The summed E-state index contributed by atoms with van der Waals surface area (Å²) in [5, 5.41) is 0. The number of hydrogen-bond donors (Lipinski definition) is 0. The molecule has 0 N–H and O–H groups in total. The van der Waals surface area contributed by atoms with E-state index in [0.717, 1.165) is 55.7 Å². The third-order valence-electron chi connectivity index (χ3n) is 4.57. The second kappa shape index (κ2) is 8.51. The molecule has 0 radical (unpaired) electrons. The van der Waals surface area contributed by atoms with Gasteiger partial charge < -0.3 is 18.6 Å². The van der Waals surface area contributed by atoms with Gasteiger partial charge in [-0.15, -0.1) is 0 Å². The maximum Gasteiger partial charge on any atom is 0.180 e. The van der Waals surface area contributed by atoms with Crippen LogP contribution in [-0.2, 0) is 13.7 Å². The highest BCUT2D eigenvalue weighted by Gasteiger charge is 2.17. The summed E-state index contributed by atoms with van der Waals surface area (Å²) in [6, 6.07) is 7.73. The lowest BCUT2D eigenvalue weighted by Gasteiger charge is -2.34. The Morgan fingerprint density at radius 3 is 2.20 bits per heavy atom. The summed E-state index contributed by atoms with van der Waals surface area (Å²) in [5.41, 5.74) is 0. The lowest BCUT2D eigenvalue weighted by molar-refractivity contribution is 0.0957. The molecule has 1 aliphatic rings. The Hall–Kier alpha value is -1.83. The lowest BCUT2D eigenvalue weighted by atomic mass is 10.3. The lowest BCUT2D eigenvalue weighted by Crippen LogP contribution is -2.47. The van der Waals surface area contributed by atoms with Crippen LogP contribution in [0, 0.1) is 4.77 Å². The maximum atomic E-state index is 5.82. The second-order valence-corrected chi connectivity index (χ2v) is 6.65. The SMILES string of the molecule is COc1ccc(OCCN2CCN(Cn3ccn(C)c3=S)CC2)cc1. The van der Waals surface area contributed by atoms with Gasteiger partial charge in [0.1, 0.15) is 18.1 Å². The highest BCUT2D eigenvalue weighted by molar-refractivity contribution is 7.71. The molecule has 0 saturated carbocycles. The van der Waals surface area contributed by atoms with Gasteiger partial charge in [0.25, 0.3) is 0 Å². The van der Waals surface area contributed by atoms with E-state index in [0.29, 0.717) is 6.61 Å². The van der Waals surface area contributed by atoms with Gasteiger partial charge in [0.05, 0.1) is 13.8 Å². The van der Waals surface area contributed by atoms with Gasteiger partial charge in [0.15, 0.2) is 4.77 Å². The second-order valence-electron chi connectivity index (χ2n) is 6.29. The van der Waals surface area contributed by atoms with E-state index in [1.807, 2.05) is 42.1 Å². The number of rotatable bonds is 7. The summed E-state index contributed by atoms with van der Waals surface area (Å²) in [7, 11) is 3.65. The molecule has 1 aromatic heterocycles. The first-order valence-electron chi connectivity index (χ1n) is 8.59. The van der Waals surface area contributed by atoms with Crippen LogP contribution in [0.1, 0.15) is 0 Å². The van der Waals surface area contributed by atoms with Crippen molar-refractivity contribution in [2.45, 2.75) is 6.67 Å². The van der Waals surface area contributed by atoms with Crippen molar-refractivity contribution in [1.82, 2.24) is 18.9 Å². The van der Waals surface area contributed by atoms with E-state index < -0.39 is 0 Å². The van der Waals surface area contributed by atoms with Crippen molar-refractivity contribution in [2.24, 2.45) is 7.05 Å². The number of aromatic nitrogens is 2. The summed E-state index contributed by atoms with van der Waals surface area (Å²) in [6.45, 7) is 6.76. The molecule has 1 fully saturated rings. The van der Waals surface area contributed by atoms with Gasteiger partial charge in [-0.3, -0.25) is 9.80 Å². The van der Waals surface area contributed by atoms with E-state index in [1.54, 1.807) is 7.11 Å². The fraction of sp³-hybridized carbons (Fsp3) is 0.500. The van der Waals surface area contributed by atoms with Crippen LogP contribution in [0.3, 0.4) is 0 Å². The van der Waals surface area contributed by atoms with Gasteiger partial charge in [-0.05, 0) is 36.5 Å². The van der Waals surface area contributed by atoms with Crippen LogP contribution in [0.2, 0.25) is 0 Å². The van der Waals surface area contributed by atoms with E-state index in [1.165, 1.54) is 0 Å². The van der Waals surface area contributed by atoms with Crippen molar-refractivity contribution in [2.75, 3.05) is 46.4 Å². The monoisotopic (exact) mass is 362 g/mol. The van der Waals surface area contributed by atoms with Crippen LogP contribution in [0.5, 0.6) is 11.5 Å². The van der Waals surface area contributed by atoms with Crippen molar-refractivity contribution in [1.29, 1.82) is 0 Å². The first kappa shape index (κ1) is 18.0. The van der Waals surface area contributed by atoms with E-state index >= 15 is 0 Å². The molecule has 2 heterocycles. The molecule has 0 amide bonds. The Balaban J connectivity index is 1.37. The minimum Gasteiger partial charge on any atom is -0.497 e. The molecule has 0 atom stereocenters. The maximum absolute atomic E-state index is 5.82. The smallest absolute Gasteiger partial charge is 0.180 e. The van der Waals surface area contributed by atoms with Crippen molar-refractivity contribution >= 4 is 12.2 Å². The molecular weight excluding hydrogens is 336 g/mol. The van der Waals surface area contributed by atoms with Crippen LogP contribution in [-0.4, -0.2) is 65.4 Å². The van der Waals surface area contributed by atoms with Crippen LogP contribution < -0.4 is 9.47 Å². The highest BCUT2D eigenvalue weighted by Crippen LogP contribution is 2.17. The third kappa shape index (κ3) is 4.84. The molecule has 6 nitrogen and oxygen atoms in total. The average molecular weight is 362 g/mol. The highest BCUT2D eigenvalue weighted by atomic mass is 32.1. The molecule has 0 bridgehead atoms. The van der Waals surface area contributed by atoms with E-state index in [9.17, 15) is 0 Å². The Morgan fingerprint density at radius 1 is 0.960 bits per heavy atom. The minimum absolute atomic E-state index is 0.704. The minimum atomic E-state index is 0.704. The first-order valence-corrected chi connectivity index (χ1v) is 9.00. The van der Waals surface area contributed by atoms with Crippen molar-refractivity contribution in [3.05, 3.63) is 41.4 Å². The van der Waals surface area contributed by atoms with Crippen molar-refractivity contribution < 1.29 is 9.47 Å². The molecule has 2 aromatic rings. The molecule has 1 aliphatic heterocycles. The molecule has 136 valence electrons. The van der Waals surface area contributed by atoms with Gasteiger partial charge in [0.2, 0.25) is 0 Å².